The lowest BCUT2D eigenvalue weighted by molar-refractivity contribution is 0.433. The molecule has 0 saturated carbocycles. The SMILES string of the molecule is C=c1[nH]n(-c2ccccc2)c(=O)c1=CC=Cc1c(C)c(C#N)c(=O)n(-c2cccc(S(=O)(=O)O)c2)c1O. The van der Waals surface area contributed by atoms with Crippen molar-refractivity contribution in [2.75, 3.05) is 0 Å². The summed E-state index contributed by atoms with van der Waals surface area (Å²) in [5.41, 5.74) is -0.692. The summed E-state index contributed by atoms with van der Waals surface area (Å²) >= 11 is 0. The third-order valence-electron chi connectivity index (χ3n) is 5.68. The number of H-pyrrole nitrogens is 1. The molecule has 0 aliphatic heterocycles. The lowest BCUT2D eigenvalue weighted by atomic mass is 10.0. The van der Waals surface area contributed by atoms with Crippen LogP contribution in [0, 0.1) is 18.3 Å². The number of rotatable bonds is 5. The molecule has 11 heteroatoms. The Morgan fingerprint density at radius 2 is 1.73 bits per heavy atom. The summed E-state index contributed by atoms with van der Waals surface area (Å²) < 4.78 is 34.6. The monoisotopic (exact) mass is 516 g/mol. The number of hydrogen-bond donors (Lipinski definition) is 3. The highest BCUT2D eigenvalue weighted by Crippen LogP contribution is 2.27. The van der Waals surface area contributed by atoms with Crippen LogP contribution in [0.4, 0.5) is 0 Å². The molecule has 2 aromatic carbocycles. The van der Waals surface area contributed by atoms with Crippen LogP contribution in [-0.4, -0.2) is 32.4 Å². The molecule has 0 fully saturated rings. The molecule has 0 atom stereocenters. The number of hydrogen-bond acceptors (Lipinski definition) is 6. The van der Waals surface area contributed by atoms with Crippen LogP contribution < -0.4 is 21.7 Å². The van der Waals surface area contributed by atoms with E-state index in [-0.39, 0.29) is 33.2 Å². The van der Waals surface area contributed by atoms with Gasteiger partial charge < -0.3 is 5.11 Å². The Morgan fingerprint density at radius 3 is 2.38 bits per heavy atom. The molecule has 0 aliphatic rings. The van der Waals surface area contributed by atoms with Crippen LogP contribution in [0.2, 0.25) is 0 Å². The largest absolute Gasteiger partial charge is 0.494 e. The average Bonchev–Trinajstić information content (AvgIpc) is 3.15. The van der Waals surface area contributed by atoms with Crippen molar-refractivity contribution in [3.8, 4) is 23.3 Å². The molecule has 0 radical (unpaired) electrons. The number of allylic oxidation sites excluding steroid dienone is 1. The minimum Gasteiger partial charge on any atom is -0.494 e. The molecule has 4 aromatic rings. The van der Waals surface area contributed by atoms with Crippen LogP contribution >= 0.6 is 0 Å². The fourth-order valence-corrected chi connectivity index (χ4v) is 4.33. The first-order chi connectivity index (χ1) is 17.5. The van der Waals surface area contributed by atoms with Crippen molar-refractivity contribution in [3.05, 3.63) is 109 Å². The van der Waals surface area contributed by atoms with Crippen molar-refractivity contribution in [2.24, 2.45) is 0 Å². The van der Waals surface area contributed by atoms with Gasteiger partial charge in [-0.15, -0.1) is 0 Å². The fourth-order valence-electron chi connectivity index (χ4n) is 3.81. The number of aromatic nitrogens is 3. The minimum absolute atomic E-state index is 0.0795. The van der Waals surface area contributed by atoms with Gasteiger partial charge in [0.25, 0.3) is 21.2 Å². The summed E-state index contributed by atoms with van der Waals surface area (Å²) in [4.78, 5) is 25.3. The first kappa shape index (κ1) is 25.2. The van der Waals surface area contributed by atoms with Gasteiger partial charge in [-0.25, -0.2) is 9.25 Å². The summed E-state index contributed by atoms with van der Waals surface area (Å²) in [5, 5.41) is 24.1. The Labute approximate surface area is 210 Å². The van der Waals surface area contributed by atoms with E-state index in [2.05, 4.69) is 11.7 Å². The standard InChI is InChI=1S/C26H20N4O6S/c1-16-21(12-7-13-22-17(2)28-30(26(22)33)18-8-4-3-5-9-18)24(31)29(25(32)23(16)15-27)19-10-6-11-20(14-19)37(34,35)36/h3-14,28,31H,2H2,1H3,(H,34,35,36). The zero-order valence-electron chi connectivity index (χ0n) is 19.4. The first-order valence-electron chi connectivity index (χ1n) is 10.7. The normalized spacial score (nSPS) is 12.2. The Kier molecular flexibility index (Phi) is 6.54. The number of aromatic amines is 1. The van der Waals surface area contributed by atoms with Gasteiger partial charge in [-0.1, -0.05) is 36.9 Å². The van der Waals surface area contributed by atoms with E-state index in [1.807, 2.05) is 12.1 Å². The van der Waals surface area contributed by atoms with Crippen molar-refractivity contribution >= 4 is 28.8 Å². The third-order valence-corrected chi connectivity index (χ3v) is 6.53. The van der Waals surface area contributed by atoms with Crippen LogP contribution in [0.5, 0.6) is 5.88 Å². The van der Waals surface area contributed by atoms with Crippen LogP contribution in [0.25, 0.3) is 30.1 Å². The van der Waals surface area contributed by atoms with Crippen LogP contribution in [-0.2, 0) is 10.1 Å². The average molecular weight is 517 g/mol. The van der Waals surface area contributed by atoms with Gasteiger partial charge in [0.2, 0.25) is 5.88 Å². The minimum atomic E-state index is -4.59. The molecule has 37 heavy (non-hydrogen) atoms. The molecular weight excluding hydrogens is 496 g/mol. The Hall–Kier alpha value is -4.92. The van der Waals surface area contributed by atoms with Gasteiger partial charge in [0, 0.05) is 5.56 Å². The quantitative estimate of drug-likeness (QED) is 0.338. The van der Waals surface area contributed by atoms with Gasteiger partial charge in [-0.2, -0.15) is 13.7 Å². The molecule has 186 valence electrons. The van der Waals surface area contributed by atoms with Gasteiger partial charge in [0.1, 0.15) is 11.6 Å². The van der Waals surface area contributed by atoms with E-state index >= 15 is 0 Å². The van der Waals surface area contributed by atoms with Gasteiger partial charge in [0.15, 0.2) is 0 Å². The highest BCUT2D eigenvalue weighted by molar-refractivity contribution is 7.85. The lowest BCUT2D eigenvalue weighted by Crippen LogP contribution is -2.33. The third kappa shape index (κ3) is 4.66. The van der Waals surface area contributed by atoms with Crippen molar-refractivity contribution < 1.29 is 18.1 Å². The first-order valence-corrected chi connectivity index (χ1v) is 12.2. The maximum absolute atomic E-state index is 13.0. The summed E-state index contributed by atoms with van der Waals surface area (Å²) in [6.45, 7) is 5.34. The number of para-hydroxylation sites is 1. The second-order valence-electron chi connectivity index (χ2n) is 7.97. The number of nitrogens with zero attached hydrogens (tertiary/aromatic N) is 3. The molecule has 0 unspecified atom stereocenters. The molecular formula is C26H20N4O6S. The molecule has 4 rings (SSSR count). The van der Waals surface area contributed by atoms with Gasteiger partial charge in [0.05, 0.1) is 26.8 Å². The zero-order valence-corrected chi connectivity index (χ0v) is 20.2. The molecule has 3 N–H and O–H groups in total. The van der Waals surface area contributed by atoms with E-state index in [0.29, 0.717) is 11.0 Å². The van der Waals surface area contributed by atoms with E-state index in [1.165, 1.54) is 42.0 Å². The molecule has 0 bridgehead atoms. The van der Waals surface area contributed by atoms with E-state index in [0.717, 1.165) is 16.7 Å². The van der Waals surface area contributed by atoms with Crippen molar-refractivity contribution in [2.45, 2.75) is 11.8 Å². The maximum atomic E-state index is 13.0. The topological polar surface area (TPSA) is 158 Å². The fraction of sp³-hybridized carbons (Fsp3) is 0.0385. The number of benzene rings is 2. The van der Waals surface area contributed by atoms with E-state index in [9.17, 15) is 32.9 Å². The number of aromatic hydroxyl groups is 1. The van der Waals surface area contributed by atoms with Gasteiger partial charge in [-0.05, 0) is 55.0 Å². The molecule has 0 saturated heterocycles. The molecule has 0 aliphatic carbocycles. The van der Waals surface area contributed by atoms with Crippen molar-refractivity contribution in [1.82, 2.24) is 14.3 Å². The lowest BCUT2D eigenvalue weighted by Gasteiger charge is -2.14. The predicted octanol–water partition coefficient (Wildman–Crippen LogP) is 1.35. The van der Waals surface area contributed by atoms with E-state index < -0.39 is 26.5 Å². The van der Waals surface area contributed by atoms with Crippen LogP contribution in [0.1, 0.15) is 16.7 Å². The van der Waals surface area contributed by atoms with E-state index in [1.54, 1.807) is 24.3 Å². The smallest absolute Gasteiger partial charge is 0.294 e. The van der Waals surface area contributed by atoms with E-state index in [4.69, 9.17) is 0 Å². The molecule has 2 heterocycles. The van der Waals surface area contributed by atoms with Crippen LogP contribution in [0.3, 0.4) is 0 Å². The number of pyridine rings is 1. The maximum Gasteiger partial charge on any atom is 0.294 e. The van der Waals surface area contributed by atoms with Crippen molar-refractivity contribution in [1.29, 1.82) is 5.26 Å². The molecule has 0 amide bonds. The molecule has 0 spiro atoms. The second kappa shape index (κ2) is 9.62. The highest BCUT2D eigenvalue weighted by Gasteiger charge is 2.20. The molecule has 10 nitrogen and oxygen atoms in total. The predicted molar refractivity (Wildman–Crippen MR) is 138 cm³/mol. The Balaban J connectivity index is 1.88. The summed E-state index contributed by atoms with van der Waals surface area (Å²) in [6, 6.07) is 15.4. The molecule has 2 aromatic heterocycles. The number of nitrogens with one attached hydrogen (secondary N) is 1. The highest BCUT2D eigenvalue weighted by atomic mass is 32.2. The zero-order chi connectivity index (χ0) is 26.9. The summed E-state index contributed by atoms with van der Waals surface area (Å²) in [5.74, 6) is -0.566. The van der Waals surface area contributed by atoms with Crippen molar-refractivity contribution in [3.63, 3.8) is 0 Å². The summed E-state index contributed by atoms with van der Waals surface area (Å²) in [6.07, 6.45) is 4.34. The van der Waals surface area contributed by atoms with Crippen LogP contribution in [0.15, 0.2) is 75.2 Å². The van der Waals surface area contributed by atoms with Gasteiger partial charge >= 0.3 is 0 Å². The van der Waals surface area contributed by atoms with Gasteiger partial charge in [-0.3, -0.25) is 19.2 Å². The number of nitriles is 1. The summed E-state index contributed by atoms with van der Waals surface area (Å²) in [7, 11) is -4.59. The second-order valence-corrected chi connectivity index (χ2v) is 9.39. The Bertz CT molecular complexity index is 1940. The Morgan fingerprint density at radius 1 is 1.05 bits per heavy atom.